The van der Waals surface area contributed by atoms with E-state index in [0.29, 0.717) is 12.2 Å². The molecule has 3 aromatic rings. The number of H-pyrrole nitrogens is 1. The number of aromatic nitrogens is 2. The highest BCUT2D eigenvalue weighted by atomic mass is 32.2. The lowest BCUT2D eigenvalue weighted by Gasteiger charge is -2.08. The minimum atomic E-state index is 0.259. The van der Waals surface area contributed by atoms with E-state index in [1.165, 1.54) is 5.56 Å². The molecule has 1 atom stereocenters. The summed E-state index contributed by atoms with van der Waals surface area (Å²) < 4.78 is 0. The molecule has 21 heavy (non-hydrogen) atoms. The smallest absolute Gasteiger partial charge is 0.148 e. The standard InChI is InChI=1S/C17H14N2OS/c20-14-10-15(11-6-2-1-3-7-11)21-16(14)17-18-12-8-4-5-9-13(12)19-17/h1-9,15,20H,10H2,(H,18,19). The first-order valence-electron chi connectivity index (χ1n) is 6.90. The second-order valence-corrected chi connectivity index (χ2v) is 6.31. The summed E-state index contributed by atoms with van der Waals surface area (Å²) in [4.78, 5) is 8.73. The predicted octanol–water partition coefficient (Wildman–Crippen LogP) is 4.67. The molecule has 1 aliphatic heterocycles. The lowest BCUT2D eigenvalue weighted by molar-refractivity contribution is 0.395. The monoisotopic (exact) mass is 294 g/mol. The molecule has 0 fully saturated rings. The summed E-state index contributed by atoms with van der Waals surface area (Å²) in [6.07, 6.45) is 0.654. The van der Waals surface area contributed by atoms with Crippen LogP contribution in [0.1, 0.15) is 23.1 Å². The fourth-order valence-corrected chi connectivity index (χ4v) is 3.87. The van der Waals surface area contributed by atoms with Gasteiger partial charge in [-0.15, -0.1) is 11.8 Å². The van der Waals surface area contributed by atoms with Crippen molar-refractivity contribution in [1.82, 2.24) is 9.97 Å². The van der Waals surface area contributed by atoms with E-state index in [4.69, 9.17) is 0 Å². The molecular formula is C17H14N2OS. The fourth-order valence-electron chi connectivity index (χ4n) is 2.63. The van der Waals surface area contributed by atoms with Gasteiger partial charge in [-0.2, -0.15) is 0 Å². The Morgan fingerprint density at radius 1 is 1.05 bits per heavy atom. The maximum atomic E-state index is 10.3. The van der Waals surface area contributed by atoms with Crippen LogP contribution in [0.2, 0.25) is 0 Å². The Kier molecular flexibility index (Phi) is 2.97. The van der Waals surface area contributed by atoms with Crippen molar-refractivity contribution in [2.45, 2.75) is 11.7 Å². The molecule has 2 heterocycles. The molecular weight excluding hydrogens is 280 g/mol. The van der Waals surface area contributed by atoms with Crippen LogP contribution < -0.4 is 0 Å². The van der Waals surface area contributed by atoms with Crippen molar-refractivity contribution in [3.05, 3.63) is 71.7 Å². The van der Waals surface area contributed by atoms with Crippen molar-refractivity contribution in [3.63, 3.8) is 0 Å². The maximum Gasteiger partial charge on any atom is 0.148 e. The second kappa shape index (κ2) is 4.97. The zero-order valence-electron chi connectivity index (χ0n) is 11.3. The van der Waals surface area contributed by atoms with Crippen LogP contribution >= 0.6 is 11.8 Å². The lowest BCUT2D eigenvalue weighted by atomic mass is 10.1. The molecule has 0 bridgehead atoms. The number of aliphatic hydroxyl groups is 1. The van der Waals surface area contributed by atoms with E-state index in [2.05, 4.69) is 22.1 Å². The highest BCUT2D eigenvalue weighted by molar-refractivity contribution is 8.08. The molecule has 3 nitrogen and oxygen atoms in total. The number of hydrogen-bond donors (Lipinski definition) is 2. The van der Waals surface area contributed by atoms with Crippen LogP contribution in [0.3, 0.4) is 0 Å². The molecule has 0 saturated heterocycles. The summed E-state index contributed by atoms with van der Waals surface area (Å²) in [5.74, 6) is 1.19. The van der Waals surface area contributed by atoms with Crippen molar-refractivity contribution < 1.29 is 5.11 Å². The average Bonchev–Trinajstić information content (AvgIpc) is 3.11. The lowest BCUT2D eigenvalue weighted by Crippen LogP contribution is -1.89. The molecule has 4 heteroatoms. The van der Waals surface area contributed by atoms with Crippen LogP contribution in [-0.2, 0) is 0 Å². The van der Waals surface area contributed by atoms with Gasteiger partial charge in [0.05, 0.1) is 15.9 Å². The highest BCUT2D eigenvalue weighted by Gasteiger charge is 2.28. The molecule has 1 unspecified atom stereocenters. The summed E-state index contributed by atoms with van der Waals surface area (Å²) in [7, 11) is 0. The SMILES string of the molecule is OC1=C(c2nc3ccccc3[nH]2)SC(c2ccccc2)C1. The van der Waals surface area contributed by atoms with Crippen LogP contribution in [-0.4, -0.2) is 15.1 Å². The van der Waals surface area contributed by atoms with Gasteiger partial charge in [-0.1, -0.05) is 42.5 Å². The van der Waals surface area contributed by atoms with Crippen LogP contribution in [0.5, 0.6) is 0 Å². The Labute approximate surface area is 126 Å². The van der Waals surface area contributed by atoms with Gasteiger partial charge in [0.2, 0.25) is 0 Å². The second-order valence-electron chi connectivity index (χ2n) is 5.10. The first-order valence-corrected chi connectivity index (χ1v) is 7.78. The van der Waals surface area contributed by atoms with E-state index >= 15 is 0 Å². The normalized spacial score (nSPS) is 18.6. The fraction of sp³-hybridized carbons (Fsp3) is 0.118. The van der Waals surface area contributed by atoms with E-state index in [9.17, 15) is 5.11 Å². The number of nitrogens with one attached hydrogen (secondary N) is 1. The molecule has 0 spiro atoms. The number of thioether (sulfide) groups is 1. The van der Waals surface area contributed by atoms with Gasteiger partial charge in [-0.25, -0.2) is 4.98 Å². The quantitative estimate of drug-likeness (QED) is 0.722. The summed E-state index contributed by atoms with van der Waals surface area (Å²) >= 11 is 1.68. The van der Waals surface area contributed by atoms with Crippen LogP contribution in [0.15, 0.2) is 60.4 Å². The van der Waals surface area contributed by atoms with Crippen molar-refractivity contribution >= 4 is 27.7 Å². The molecule has 4 rings (SSSR count). The predicted molar refractivity (Wildman–Crippen MR) is 87.0 cm³/mol. The first-order chi connectivity index (χ1) is 10.3. The number of para-hydroxylation sites is 2. The Morgan fingerprint density at radius 3 is 2.62 bits per heavy atom. The minimum Gasteiger partial charge on any atom is -0.511 e. The van der Waals surface area contributed by atoms with E-state index in [0.717, 1.165) is 21.8 Å². The number of aliphatic hydroxyl groups excluding tert-OH is 1. The molecule has 2 N–H and O–H groups in total. The number of rotatable bonds is 2. The van der Waals surface area contributed by atoms with Crippen molar-refractivity contribution in [2.75, 3.05) is 0 Å². The van der Waals surface area contributed by atoms with Crippen molar-refractivity contribution in [2.24, 2.45) is 0 Å². The highest BCUT2D eigenvalue weighted by Crippen LogP contribution is 2.50. The van der Waals surface area contributed by atoms with Crippen molar-refractivity contribution in [1.29, 1.82) is 0 Å². The molecule has 1 aromatic heterocycles. The van der Waals surface area contributed by atoms with Gasteiger partial charge in [0, 0.05) is 11.7 Å². The van der Waals surface area contributed by atoms with Gasteiger partial charge < -0.3 is 10.1 Å². The van der Waals surface area contributed by atoms with Gasteiger partial charge in [0.1, 0.15) is 11.6 Å². The molecule has 0 saturated carbocycles. The molecule has 0 amide bonds. The van der Waals surface area contributed by atoms with Crippen LogP contribution in [0, 0.1) is 0 Å². The number of benzene rings is 2. The van der Waals surface area contributed by atoms with E-state index in [1.54, 1.807) is 11.8 Å². The first kappa shape index (κ1) is 12.5. The number of imidazole rings is 1. The summed E-state index contributed by atoms with van der Waals surface area (Å²) in [6, 6.07) is 18.2. The van der Waals surface area contributed by atoms with E-state index in [-0.39, 0.29) is 5.25 Å². The van der Waals surface area contributed by atoms with Gasteiger partial charge >= 0.3 is 0 Å². The van der Waals surface area contributed by atoms with Gasteiger partial charge in [0.25, 0.3) is 0 Å². The van der Waals surface area contributed by atoms with Crippen molar-refractivity contribution in [3.8, 4) is 0 Å². The molecule has 1 aliphatic rings. The maximum absolute atomic E-state index is 10.3. The zero-order chi connectivity index (χ0) is 14.2. The third-order valence-electron chi connectivity index (χ3n) is 3.68. The van der Waals surface area contributed by atoms with E-state index in [1.807, 2.05) is 42.5 Å². The Morgan fingerprint density at radius 2 is 1.81 bits per heavy atom. The van der Waals surface area contributed by atoms with Gasteiger partial charge in [-0.3, -0.25) is 0 Å². The summed E-state index contributed by atoms with van der Waals surface area (Å²) in [5, 5.41) is 10.6. The minimum absolute atomic E-state index is 0.259. The Balaban J connectivity index is 1.67. The third-order valence-corrected chi connectivity index (χ3v) is 5.06. The third kappa shape index (κ3) is 2.21. The summed E-state index contributed by atoms with van der Waals surface area (Å²) in [6.45, 7) is 0. The number of nitrogens with zero attached hydrogens (tertiary/aromatic N) is 1. The molecule has 104 valence electrons. The van der Waals surface area contributed by atoms with E-state index < -0.39 is 0 Å². The number of allylic oxidation sites excluding steroid dienone is 1. The topological polar surface area (TPSA) is 48.9 Å². The van der Waals surface area contributed by atoms with Gasteiger partial charge in [0.15, 0.2) is 0 Å². The summed E-state index contributed by atoms with van der Waals surface area (Å²) in [5.41, 5.74) is 3.16. The molecule has 0 radical (unpaired) electrons. The molecule has 2 aromatic carbocycles. The average molecular weight is 294 g/mol. The number of aromatic amines is 1. The zero-order valence-corrected chi connectivity index (χ0v) is 12.1. The number of fused-ring (bicyclic) bond motifs is 1. The van der Waals surface area contributed by atoms with Crippen LogP contribution in [0.25, 0.3) is 15.9 Å². The molecule has 0 aliphatic carbocycles. The largest absolute Gasteiger partial charge is 0.511 e. The van der Waals surface area contributed by atoms with Crippen LogP contribution in [0.4, 0.5) is 0 Å². The number of hydrogen-bond acceptors (Lipinski definition) is 3. The Bertz CT molecular complexity index is 790. The van der Waals surface area contributed by atoms with Gasteiger partial charge in [-0.05, 0) is 17.7 Å². The Hall–Kier alpha value is -2.20.